The molecule has 1 aromatic heterocycles. The van der Waals surface area contributed by atoms with Gasteiger partial charge in [0.2, 0.25) is 5.78 Å². The molecule has 0 spiro atoms. The van der Waals surface area contributed by atoms with E-state index in [0.717, 1.165) is 4.88 Å². The quantitative estimate of drug-likeness (QED) is 0.732. The summed E-state index contributed by atoms with van der Waals surface area (Å²) >= 11 is 1.44. The number of hydrogen-bond donors (Lipinski definition) is 0. The molecule has 94 valence electrons. The number of carbonyl (C=O) groups is 1. The molecule has 0 bridgehead atoms. The van der Waals surface area contributed by atoms with E-state index in [4.69, 9.17) is 0 Å². The smallest absolute Gasteiger partial charge is 0.205 e. The van der Waals surface area contributed by atoms with Gasteiger partial charge in [0, 0.05) is 4.88 Å². The summed E-state index contributed by atoms with van der Waals surface area (Å²) in [6, 6.07) is 9.81. The van der Waals surface area contributed by atoms with Gasteiger partial charge in [-0.2, -0.15) is 0 Å². The fourth-order valence-corrected chi connectivity index (χ4v) is 2.66. The third-order valence-corrected chi connectivity index (χ3v) is 4.20. The van der Waals surface area contributed by atoms with Crippen LogP contribution in [-0.4, -0.2) is 5.78 Å². The van der Waals surface area contributed by atoms with E-state index < -0.39 is 5.82 Å². The maximum Gasteiger partial charge on any atom is 0.205 e. The maximum atomic E-state index is 13.6. The second-order valence-corrected chi connectivity index (χ2v) is 6.31. The largest absolute Gasteiger partial charge is 0.288 e. The second kappa shape index (κ2) is 4.65. The van der Waals surface area contributed by atoms with E-state index in [0.29, 0.717) is 4.88 Å². The first-order valence-corrected chi connectivity index (χ1v) is 6.61. The summed E-state index contributed by atoms with van der Waals surface area (Å²) in [6.45, 7) is 6.28. The summed E-state index contributed by atoms with van der Waals surface area (Å²) in [5, 5.41) is 0. The van der Waals surface area contributed by atoms with E-state index in [2.05, 4.69) is 20.8 Å². The molecule has 1 aromatic carbocycles. The van der Waals surface area contributed by atoms with E-state index >= 15 is 0 Å². The summed E-state index contributed by atoms with van der Waals surface area (Å²) in [6.07, 6.45) is 0. The van der Waals surface area contributed by atoms with E-state index in [9.17, 15) is 9.18 Å². The third kappa shape index (κ3) is 2.51. The molecule has 0 aliphatic heterocycles. The lowest BCUT2D eigenvalue weighted by Gasteiger charge is -2.15. The molecular formula is C15H15FOS. The number of hydrogen-bond acceptors (Lipinski definition) is 2. The topological polar surface area (TPSA) is 17.1 Å². The first-order chi connectivity index (χ1) is 8.39. The van der Waals surface area contributed by atoms with Crippen LogP contribution in [0.25, 0.3) is 0 Å². The van der Waals surface area contributed by atoms with E-state index in [1.165, 1.54) is 23.5 Å². The molecule has 0 unspecified atom stereocenters. The molecule has 0 fully saturated rings. The standard InChI is InChI=1S/C15H15FOS/c1-15(2,3)13-9-8-12(18-13)14(17)10-6-4-5-7-11(10)16/h4-9H,1-3H3. The van der Waals surface area contributed by atoms with Crippen molar-refractivity contribution in [2.45, 2.75) is 26.2 Å². The van der Waals surface area contributed by atoms with Gasteiger partial charge in [0.25, 0.3) is 0 Å². The Morgan fingerprint density at radius 1 is 1.11 bits per heavy atom. The number of benzene rings is 1. The molecule has 1 nitrogen and oxygen atoms in total. The molecule has 0 amide bonds. The molecule has 18 heavy (non-hydrogen) atoms. The van der Waals surface area contributed by atoms with Crippen molar-refractivity contribution in [1.29, 1.82) is 0 Å². The molecule has 2 rings (SSSR count). The molecule has 0 atom stereocenters. The highest BCUT2D eigenvalue weighted by molar-refractivity contribution is 7.14. The van der Waals surface area contributed by atoms with Gasteiger partial charge in [0.05, 0.1) is 10.4 Å². The lowest BCUT2D eigenvalue weighted by atomic mass is 9.95. The lowest BCUT2D eigenvalue weighted by Crippen LogP contribution is -2.08. The van der Waals surface area contributed by atoms with Crippen LogP contribution in [0, 0.1) is 5.82 Å². The summed E-state index contributed by atoms with van der Waals surface area (Å²) in [5.41, 5.74) is 0.151. The molecule has 0 N–H and O–H groups in total. The summed E-state index contributed by atoms with van der Waals surface area (Å²) in [5.74, 6) is -0.707. The van der Waals surface area contributed by atoms with Gasteiger partial charge in [-0.3, -0.25) is 4.79 Å². The van der Waals surface area contributed by atoms with Gasteiger partial charge >= 0.3 is 0 Å². The van der Waals surface area contributed by atoms with Crippen LogP contribution >= 0.6 is 11.3 Å². The molecule has 0 saturated carbocycles. The highest BCUT2D eigenvalue weighted by atomic mass is 32.1. The van der Waals surface area contributed by atoms with Crippen molar-refractivity contribution >= 4 is 17.1 Å². The van der Waals surface area contributed by atoms with Gasteiger partial charge in [-0.25, -0.2) is 4.39 Å². The molecule has 0 aliphatic rings. The van der Waals surface area contributed by atoms with Crippen LogP contribution < -0.4 is 0 Å². The first kappa shape index (κ1) is 13.0. The number of halogens is 1. The predicted octanol–water partition coefficient (Wildman–Crippen LogP) is 4.42. The average Bonchev–Trinajstić information content (AvgIpc) is 2.77. The Morgan fingerprint density at radius 2 is 1.78 bits per heavy atom. The van der Waals surface area contributed by atoms with Gasteiger partial charge in [0.15, 0.2) is 0 Å². The minimum absolute atomic E-state index is 0.0123. The van der Waals surface area contributed by atoms with Crippen LogP contribution in [-0.2, 0) is 5.41 Å². The molecule has 1 heterocycles. The maximum absolute atomic E-state index is 13.6. The fourth-order valence-electron chi connectivity index (χ4n) is 1.64. The normalized spacial score (nSPS) is 11.6. The van der Waals surface area contributed by atoms with Crippen LogP contribution in [0.5, 0.6) is 0 Å². The van der Waals surface area contributed by atoms with Gasteiger partial charge in [-0.05, 0) is 29.7 Å². The van der Waals surface area contributed by atoms with E-state index in [-0.39, 0.29) is 16.8 Å². The summed E-state index contributed by atoms with van der Waals surface area (Å²) < 4.78 is 13.6. The van der Waals surface area contributed by atoms with Crippen LogP contribution in [0.4, 0.5) is 4.39 Å². The summed E-state index contributed by atoms with van der Waals surface area (Å²) in [4.78, 5) is 13.9. The van der Waals surface area contributed by atoms with Crippen LogP contribution in [0.3, 0.4) is 0 Å². The van der Waals surface area contributed by atoms with Crippen molar-refractivity contribution in [3.05, 3.63) is 57.5 Å². The molecule has 0 saturated heterocycles. The van der Waals surface area contributed by atoms with Gasteiger partial charge in [0.1, 0.15) is 5.82 Å². The van der Waals surface area contributed by atoms with Gasteiger partial charge in [-0.15, -0.1) is 11.3 Å². The molecule has 2 aromatic rings. The van der Waals surface area contributed by atoms with Crippen molar-refractivity contribution in [3.8, 4) is 0 Å². The second-order valence-electron chi connectivity index (χ2n) is 5.22. The van der Waals surface area contributed by atoms with Gasteiger partial charge in [-0.1, -0.05) is 32.9 Å². The predicted molar refractivity (Wildman–Crippen MR) is 72.9 cm³/mol. The highest BCUT2D eigenvalue weighted by Crippen LogP contribution is 2.30. The third-order valence-electron chi connectivity index (χ3n) is 2.69. The Labute approximate surface area is 110 Å². The number of rotatable bonds is 2. The Bertz CT molecular complexity index is 578. The summed E-state index contributed by atoms with van der Waals surface area (Å²) in [7, 11) is 0. The van der Waals surface area contributed by atoms with Crippen LogP contribution in [0.1, 0.15) is 40.9 Å². The Morgan fingerprint density at radius 3 is 2.33 bits per heavy atom. The van der Waals surface area contributed by atoms with Crippen molar-refractivity contribution in [3.63, 3.8) is 0 Å². The Hall–Kier alpha value is -1.48. The number of carbonyl (C=O) groups excluding carboxylic acids is 1. The Balaban J connectivity index is 2.36. The molecule has 0 aliphatic carbocycles. The highest BCUT2D eigenvalue weighted by Gasteiger charge is 2.20. The van der Waals surface area contributed by atoms with Crippen LogP contribution in [0.15, 0.2) is 36.4 Å². The van der Waals surface area contributed by atoms with E-state index in [1.54, 1.807) is 18.2 Å². The zero-order chi connectivity index (χ0) is 13.3. The monoisotopic (exact) mass is 262 g/mol. The van der Waals surface area contributed by atoms with Crippen molar-refractivity contribution < 1.29 is 9.18 Å². The van der Waals surface area contributed by atoms with Gasteiger partial charge < -0.3 is 0 Å². The fraction of sp³-hybridized carbons (Fsp3) is 0.267. The lowest BCUT2D eigenvalue weighted by molar-refractivity contribution is 0.103. The minimum Gasteiger partial charge on any atom is -0.288 e. The number of thiophene rings is 1. The van der Waals surface area contributed by atoms with Crippen LogP contribution in [0.2, 0.25) is 0 Å². The molecular weight excluding hydrogens is 247 g/mol. The van der Waals surface area contributed by atoms with E-state index in [1.807, 2.05) is 6.07 Å². The Kier molecular flexibility index (Phi) is 3.35. The molecule has 0 radical (unpaired) electrons. The average molecular weight is 262 g/mol. The first-order valence-electron chi connectivity index (χ1n) is 5.79. The molecule has 3 heteroatoms. The minimum atomic E-state index is -0.465. The van der Waals surface area contributed by atoms with Crippen molar-refractivity contribution in [2.75, 3.05) is 0 Å². The zero-order valence-electron chi connectivity index (χ0n) is 10.7. The number of ketones is 1. The van der Waals surface area contributed by atoms with Crippen molar-refractivity contribution in [1.82, 2.24) is 0 Å². The SMILES string of the molecule is CC(C)(C)c1ccc(C(=O)c2ccccc2F)s1. The van der Waals surface area contributed by atoms with Crippen molar-refractivity contribution in [2.24, 2.45) is 0 Å². The zero-order valence-corrected chi connectivity index (χ0v) is 11.5.